The Bertz CT molecular complexity index is 412. The van der Waals surface area contributed by atoms with Gasteiger partial charge in [-0.25, -0.2) is 4.79 Å². The van der Waals surface area contributed by atoms with Crippen molar-refractivity contribution < 1.29 is 24.2 Å². The number of aliphatic carboxylic acids is 1. The van der Waals surface area contributed by atoms with E-state index in [4.69, 9.17) is 9.84 Å². The van der Waals surface area contributed by atoms with Crippen molar-refractivity contribution in [3.05, 3.63) is 0 Å². The highest BCUT2D eigenvalue weighted by Crippen LogP contribution is 2.37. The zero-order valence-electron chi connectivity index (χ0n) is 11.5. The number of carbonyl (C=O) groups excluding carboxylic acids is 2. The van der Waals surface area contributed by atoms with Crippen molar-refractivity contribution in [3.63, 3.8) is 0 Å². The molecule has 3 atom stereocenters. The van der Waals surface area contributed by atoms with E-state index in [0.717, 1.165) is 6.42 Å². The van der Waals surface area contributed by atoms with Crippen LogP contribution in [0.1, 0.15) is 19.8 Å². The van der Waals surface area contributed by atoms with Gasteiger partial charge >= 0.3 is 5.97 Å². The Morgan fingerprint density at radius 1 is 1.40 bits per heavy atom. The fourth-order valence-electron chi connectivity index (χ4n) is 2.36. The fourth-order valence-corrected chi connectivity index (χ4v) is 2.36. The van der Waals surface area contributed by atoms with Gasteiger partial charge in [0.25, 0.3) is 0 Å². The summed E-state index contributed by atoms with van der Waals surface area (Å²) in [5.41, 5.74) is 0. The van der Waals surface area contributed by atoms with Crippen LogP contribution in [0.3, 0.4) is 0 Å². The van der Waals surface area contributed by atoms with Crippen LogP contribution >= 0.6 is 0 Å². The normalized spacial score (nSPS) is 28.9. The van der Waals surface area contributed by atoms with E-state index >= 15 is 0 Å². The van der Waals surface area contributed by atoms with Crippen molar-refractivity contribution in [2.75, 3.05) is 26.3 Å². The molecule has 1 saturated carbocycles. The van der Waals surface area contributed by atoms with Crippen molar-refractivity contribution in [3.8, 4) is 0 Å². The minimum absolute atomic E-state index is 0.0120. The summed E-state index contributed by atoms with van der Waals surface area (Å²) in [6.07, 6.45) is 1.03. The van der Waals surface area contributed by atoms with Crippen LogP contribution in [0.25, 0.3) is 0 Å². The lowest BCUT2D eigenvalue weighted by Crippen LogP contribution is -2.53. The second-order valence-electron chi connectivity index (χ2n) is 5.38. The smallest absolute Gasteiger partial charge is 0.328 e. The number of hydrogen-bond acceptors (Lipinski definition) is 4. The van der Waals surface area contributed by atoms with Gasteiger partial charge in [-0.3, -0.25) is 9.59 Å². The maximum atomic E-state index is 12.0. The van der Waals surface area contributed by atoms with Gasteiger partial charge < -0.3 is 20.1 Å². The number of carboxylic acids is 1. The van der Waals surface area contributed by atoms with Crippen LogP contribution in [-0.2, 0) is 19.1 Å². The second kappa shape index (κ2) is 6.21. The molecule has 0 aromatic carbocycles. The minimum Gasteiger partial charge on any atom is -0.480 e. The SMILES string of the molecule is CC1CC1C(=O)NCCC(=O)N1CCOCC1C(=O)O. The number of hydrogen-bond donors (Lipinski definition) is 2. The predicted molar refractivity (Wildman–Crippen MR) is 68.9 cm³/mol. The van der Waals surface area contributed by atoms with E-state index < -0.39 is 12.0 Å². The molecule has 0 aromatic heterocycles. The Balaban J connectivity index is 1.75. The third kappa shape index (κ3) is 3.47. The van der Waals surface area contributed by atoms with Gasteiger partial charge in [-0.1, -0.05) is 6.92 Å². The molecule has 1 aliphatic carbocycles. The summed E-state index contributed by atoms with van der Waals surface area (Å²) in [6, 6.07) is -0.921. The summed E-state index contributed by atoms with van der Waals surface area (Å²) < 4.78 is 5.07. The van der Waals surface area contributed by atoms with Gasteiger partial charge in [0.2, 0.25) is 11.8 Å². The van der Waals surface area contributed by atoms with Crippen LogP contribution in [0.2, 0.25) is 0 Å². The maximum absolute atomic E-state index is 12.0. The average Bonchev–Trinajstić information content (AvgIpc) is 3.15. The third-order valence-electron chi connectivity index (χ3n) is 3.82. The zero-order valence-corrected chi connectivity index (χ0v) is 11.5. The molecule has 0 radical (unpaired) electrons. The van der Waals surface area contributed by atoms with E-state index in [1.54, 1.807) is 0 Å². The number of carboxylic acid groups (broad SMARTS) is 1. The van der Waals surface area contributed by atoms with E-state index in [0.29, 0.717) is 12.5 Å². The second-order valence-corrected chi connectivity index (χ2v) is 5.38. The van der Waals surface area contributed by atoms with Crippen LogP contribution in [0.4, 0.5) is 0 Å². The van der Waals surface area contributed by atoms with Crippen LogP contribution in [0.5, 0.6) is 0 Å². The topological polar surface area (TPSA) is 95.9 Å². The molecule has 2 rings (SSSR count). The number of ether oxygens (including phenoxy) is 1. The first-order valence-electron chi connectivity index (χ1n) is 6.88. The van der Waals surface area contributed by atoms with Gasteiger partial charge in [0.05, 0.1) is 13.2 Å². The maximum Gasteiger partial charge on any atom is 0.328 e. The van der Waals surface area contributed by atoms with Crippen LogP contribution < -0.4 is 5.32 Å². The Kier molecular flexibility index (Phi) is 4.59. The van der Waals surface area contributed by atoms with Gasteiger partial charge in [-0.05, 0) is 12.3 Å². The number of rotatable bonds is 5. The zero-order chi connectivity index (χ0) is 14.7. The molecule has 112 valence electrons. The summed E-state index contributed by atoms with van der Waals surface area (Å²) in [5.74, 6) is -0.817. The standard InChI is InChI=1S/C13H20N2O5/c1-8-6-9(8)12(17)14-3-2-11(16)15-4-5-20-7-10(15)13(18)19/h8-10H,2-7H2,1H3,(H,14,17)(H,18,19). The van der Waals surface area contributed by atoms with Gasteiger partial charge in [0.1, 0.15) is 0 Å². The molecule has 3 unspecified atom stereocenters. The molecule has 0 bridgehead atoms. The summed E-state index contributed by atoms with van der Waals surface area (Å²) in [5, 5.41) is 11.8. The van der Waals surface area contributed by atoms with Gasteiger partial charge in [-0.15, -0.1) is 0 Å². The quantitative estimate of drug-likeness (QED) is 0.707. The molecule has 7 nitrogen and oxygen atoms in total. The molecule has 2 fully saturated rings. The first-order valence-corrected chi connectivity index (χ1v) is 6.88. The Hall–Kier alpha value is -1.63. The molecule has 0 spiro atoms. The van der Waals surface area contributed by atoms with Gasteiger partial charge in [-0.2, -0.15) is 0 Å². The van der Waals surface area contributed by atoms with E-state index in [-0.39, 0.29) is 43.8 Å². The molecule has 1 aliphatic heterocycles. The van der Waals surface area contributed by atoms with Crippen LogP contribution in [0.15, 0.2) is 0 Å². The lowest BCUT2D eigenvalue weighted by Gasteiger charge is -2.32. The monoisotopic (exact) mass is 284 g/mol. The number of nitrogens with zero attached hydrogens (tertiary/aromatic N) is 1. The Morgan fingerprint density at radius 3 is 2.70 bits per heavy atom. The van der Waals surface area contributed by atoms with Gasteiger partial charge in [0.15, 0.2) is 6.04 Å². The highest BCUT2D eigenvalue weighted by molar-refractivity contribution is 5.85. The largest absolute Gasteiger partial charge is 0.480 e. The average molecular weight is 284 g/mol. The molecule has 0 aromatic rings. The number of morpholine rings is 1. The Morgan fingerprint density at radius 2 is 2.10 bits per heavy atom. The summed E-state index contributed by atoms with van der Waals surface area (Å²) in [6.45, 7) is 2.92. The van der Waals surface area contributed by atoms with E-state index in [2.05, 4.69) is 5.32 Å². The predicted octanol–water partition coefficient (Wildman–Crippen LogP) is -0.539. The molecular formula is C13H20N2O5. The lowest BCUT2D eigenvalue weighted by molar-refractivity contribution is -0.158. The number of amides is 2. The van der Waals surface area contributed by atoms with Crippen molar-refractivity contribution in [1.29, 1.82) is 0 Å². The number of carbonyl (C=O) groups is 3. The van der Waals surface area contributed by atoms with Crippen LogP contribution in [0, 0.1) is 11.8 Å². The summed E-state index contributed by atoms with van der Waals surface area (Å²) in [4.78, 5) is 36.0. The summed E-state index contributed by atoms with van der Waals surface area (Å²) >= 11 is 0. The van der Waals surface area contributed by atoms with E-state index in [1.807, 2.05) is 6.92 Å². The van der Waals surface area contributed by atoms with Crippen LogP contribution in [-0.4, -0.2) is 60.1 Å². The van der Waals surface area contributed by atoms with Gasteiger partial charge in [0, 0.05) is 25.4 Å². The highest BCUT2D eigenvalue weighted by Gasteiger charge is 2.39. The van der Waals surface area contributed by atoms with E-state index in [9.17, 15) is 14.4 Å². The molecule has 2 N–H and O–H groups in total. The highest BCUT2D eigenvalue weighted by atomic mass is 16.5. The molecule has 1 heterocycles. The molecule has 2 amide bonds. The molecule has 7 heteroatoms. The summed E-state index contributed by atoms with van der Waals surface area (Å²) in [7, 11) is 0. The van der Waals surface area contributed by atoms with E-state index in [1.165, 1.54) is 4.90 Å². The molecule has 20 heavy (non-hydrogen) atoms. The third-order valence-corrected chi connectivity index (χ3v) is 3.82. The molecule has 2 aliphatic rings. The first-order chi connectivity index (χ1) is 9.50. The first kappa shape index (κ1) is 14.8. The fraction of sp³-hybridized carbons (Fsp3) is 0.769. The Labute approximate surface area is 117 Å². The van der Waals surface area contributed by atoms with Crippen molar-refractivity contribution in [2.24, 2.45) is 11.8 Å². The molecular weight excluding hydrogens is 264 g/mol. The van der Waals surface area contributed by atoms with Crippen molar-refractivity contribution in [1.82, 2.24) is 10.2 Å². The lowest BCUT2D eigenvalue weighted by atomic mass is 10.2. The minimum atomic E-state index is -1.06. The number of nitrogens with one attached hydrogen (secondary N) is 1. The van der Waals surface area contributed by atoms with Crippen molar-refractivity contribution >= 4 is 17.8 Å². The molecule has 1 saturated heterocycles. The van der Waals surface area contributed by atoms with Crippen molar-refractivity contribution in [2.45, 2.75) is 25.8 Å².